The number of methoxy groups -OCH3 is 1. The van der Waals surface area contributed by atoms with E-state index in [-0.39, 0.29) is 16.6 Å². The fraction of sp³-hybridized carbons (Fsp3) is 0.385. The number of hydrogen-bond donors (Lipinski definition) is 2. The third kappa shape index (κ3) is 3.89. The molecule has 0 heterocycles. The van der Waals surface area contributed by atoms with E-state index >= 15 is 0 Å². The highest BCUT2D eigenvalue weighted by Gasteiger charge is 2.25. The van der Waals surface area contributed by atoms with Crippen LogP contribution in [0.25, 0.3) is 0 Å². The van der Waals surface area contributed by atoms with E-state index < -0.39 is 17.6 Å². The molecule has 1 rings (SSSR count). The zero-order chi connectivity index (χ0) is 14.6. The summed E-state index contributed by atoms with van der Waals surface area (Å²) in [5.41, 5.74) is 5.59. The molecule has 1 amide bonds. The number of benzene rings is 1. The van der Waals surface area contributed by atoms with Crippen LogP contribution in [0.15, 0.2) is 18.2 Å². The lowest BCUT2D eigenvalue weighted by atomic mass is 9.95. The summed E-state index contributed by atoms with van der Waals surface area (Å²) >= 11 is 4.87. The molecule has 1 aromatic rings. The smallest absolute Gasteiger partial charge is 0.234 e. The maximum absolute atomic E-state index is 13.6. The monoisotopic (exact) mass is 284 g/mol. The summed E-state index contributed by atoms with van der Waals surface area (Å²) < 4.78 is 18.6. The van der Waals surface area contributed by atoms with E-state index in [1.807, 2.05) is 13.8 Å². The highest BCUT2D eigenvalue weighted by Crippen LogP contribution is 2.22. The molecule has 0 aliphatic rings. The number of nitrogens with one attached hydrogen (secondary N) is 1. The van der Waals surface area contributed by atoms with Gasteiger partial charge in [0.25, 0.3) is 0 Å². The Morgan fingerprint density at radius 1 is 1.47 bits per heavy atom. The first-order chi connectivity index (χ1) is 8.86. The van der Waals surface area contributed by atoms with Gasteiger partial charge in [-0.05, 0) is 18.1 Å². The molecular weight excluding hydrogens is 267 g/mol. The molecule has 3 N–H and O–H groups in total. The standard InChI is InChI=1S/C13H17FN2O2S/c1-7(2)11(12(15)19)13(17)16-10-6-8(18-3)4-5-9(10)14/h4-7,11H,1-3H3,(H2,15,19)(H,16,17). The van der Waals surface area contributed by atoms with E-state index in [0.717, 1.165) is 0 Å². The Morgan fingerprint density at radius 2 is 2.11 bits per heavy atom. The Morgan fingerprint density at radius 3 is 2.58 bits per heavy atom. The Bertz CT molecular complexity index is 492. The summed E-state index contributed by atoms with van der Waals surface area (Å²) in [5, 5.41) is 2.49. The van der Waals surface area contributed by atoms with Crippen LogP contribution >= 0.6 is 12.2 Å². The lowest BCUT2D eigenvalue weighted by Crippen LogP contribution is -2.36. The highest BCUT2D eigenvalue weighted by molar-refractivity contribution is 7.80. The molecule has 0 aliphatic heterocycles. The van der Waals surface area contributed by atoms with E-state index in [4.69, 9.17) is 22.7 Å². The minimum atomic E-state index is -0.638. The topological polar surface area (TPSA) is 64.3 Å². The fourth-order valence-electron chi connectivity index (χ4n) is 1.70. The number of anilines is 1. The van der Waals surface area contributed by atoms with Crippen molar-refractivity contribution in [3.8, 4) is 5.75 Å². The summed E-state index contributed by atoms with van der Waals surface area (Å²) in [6.07, 6.45) is 0. The van der Waals surface area contributed by atoms with Crippen LogP contribution in [0.2, 0.25) is 0 Å². The van der Waals surface area contributed by atoms with Gasteiger partial charge in [0, 0.05) is 6.07 Å². The quantitative estimate of drug-likeness (QED) is 0.815. The number of carbonyl (C=O) groups is 1. The van der Waals surface area contributed by atoms with Crippen LogP contribution in [0.4, 0.5) is 10.1 Å². The van der Waals surface area contributed by atoms with Crippen molar-refractivity contribution in [2.45, 2.75) is 13.8 Å². The van der Waals surface area contributed by atoms with Crippen LogP contribution < -0.4 is 15.8 Å². The van der Waals surface area contributed by atoms with Gasteiger partial charge < -0.3 is 15.8 Å². The van der Waals surface area contributed by atoms with Gasteiger partial charge in [0.15, 0.2) is 0 Å². The van der Waals surface area contributed by atoms with E-state index in [0.29, 0.717) is 5.75 Å². The molecule has 0 saturated carbocycles. The van der Waals surface area contributed by atoms with Crippen molar-refractivity contribution >= 4 is 28.8 Å². The van der Waals surface area contributed by atoms with E-state index in [2.05, 4.69) is 5.32 Å². The van der Waals surface area contributed by atoms with E-state index in [9.17, 15) is 9.18 Å². The number of hydrogen-bond acceptors (Lipinski definition) is 3. The van der Waals surface area contributed by atoms with Crippen LogP contribution in [0.5, 0.6) is 5.75 Å². The third-order valence-electron chi connectivity index (χ3n) is 2.69. The van der Waals surface area contributed by atoms with Gasteiger partial charge in [-0.3, -0.25) is 4.79 Å². The summed E-state index contributed by atoms with van der Waals surface area (Å²) in [6.45, 7) is 3.65. The molecule has 0 saturated heterocycles. The summed E-state index contributed by atoms with van der Waals surface area (Å²) in [5.74, 6) is -1.21. The molecular formula is C13H17FN2O2S. The van der Waals surface area contributed by atoms with Gasteiger partial charge in [-0.2, -0.15) is 0 Å². The summed E-state index contributed by atoms with van der Waals surface area (Å²) in [4.78, 5) is 12.2. The maximum Gasteiger partial charge on any atom is 0.234 e. The van der Waals surface area contributed by atoms with Gasteiger partial charge in [0.05, 0.1) is 23.7 Å². The number of carbonyl (C=O) groups excluding carboxylic acids is 1. The number of thiocarbonyl (C=S) groups is 1. The van der Waals surface area contributed by atoms with Crippen LogP contribution in [0.1, 0.15) is 13.8 Å². The van der Waals surface area contributed by atoms with Crippen LogP contribution in [-0.2, 0) is 4.79 Å². The van der Waals surface area contributed by atoms with Crippen molar-refractivity contribution < 1.29 is 13.9 Å². The average Bonchev–Trinajstić information content (AvgIpc) is 2.30. The molecule has 0 spiro atoms. The first-order valence-corrected chi connectivity index (χ1v) is 6.21. The molecule has 6 heteroatoms. The average molecular weight is 284 g/mol. The second-order valence-electron chi connectivity index (χ2n) is 4.46. The molecule has 0 bridgehead atoms. The second kappa shape index (κ2) is 6.47. The number of amides is 1. The van der Waals surface area contributed by atoms with Crippen molar-refractivity contribution in [1.29, 1.82) is 0 Å². The summed E-state index contributed by atoms with van der Waals surface area (Å²) in [6, 6.07) is 4.10. The molecule has 1 unspecified atom stereocenters. The van der Waals surface area contributed by atoms with Crippen molar-refractivity contribution in [1.82, 2.24) is 0 Å². The highest BCUT2D eigenvalue weighted by atomic mass is 32.1. The van der Waals surface area contributed by atoms with Crippen LogP contribution in [0, 0.1) is 17.7 Å². The predicted octanol–water partition coefficient (Wildman–Crippen LogP) is 2.33. The fourth-order valence-corrected chi connectivity index (χ4v) is 2.08. The van der Waals surface area contributed by atoms with Crippen molar-refractivity contribution in [3.05, 3.63) is 24.0 Å². The lowest BCUT2D eigenvalue weighted by Gasteiger charge is -2.19. The second-order valence-corrected chi connectivity index (χ2v) is 4.93. The molecule has 4 nitrogen and oxygen atoms in total. The largest absolute Gasteiger partial charge is 0.497 e. The first-order valence-electron chi connectivity index (χ1n) is 5.80. The number of nitrogens with two attached hydrogens (primary N) is 1. The maximum atomic E-state index is 13.6. The Kier molecular flexibility index (Phi) is 5.23. The molecule has 104 valence electrons. The molecule has 19 heavy (non-hydrogen) atoms. The lowest BCUT2D eigenvalue weighted by molar-refractivity contribution is -0.118. The predicted molar refractivity (Wildman–Crippen MR) is 76.7 cm³/mol. The zero-order valence-electron chi connectivity index (χ0n) is 11.1. The van der Waals surface area contributed by atoms with Gasteiger partial charge >= 0.3 is 0 Å². The molecule has 1 atom stereocenters. The zero-order valence-corrected chi connectivity index (χ0v) is 11.9. The SMILES string of the molecule is COc1ccc(F)c(NC(=O)C(C(N)=S)C(C)C)c1. The Labute approximate surface area is 117 Å². The first kappa shape index (κ1) is 15.4. The van der Waals surface area contributed by atoms with Gasteiger partial charge in [-0.15, -0.1) is 0 Å². The number of halogens is 1. The minimum absolute atomic E-state index is 0.0475. The Hall–Kier alpha value is -1.69. The normalized spacial score (nSPS) is 12.1. The van der Waals surface area contributed by atoms with E-state index in [1.54, 1.807) is 0 Å². The van der Waals surface area contributed by atoms with Gasteiger partial charge in [-0.25, -0.2) is 4.39 Å². The van der Waals surface area contributed by atoms with Crippen LogP contribution in [0.3, 0.4) is 0 Å². The molecule has 0 aliphatic carbocycles. The molecule has 0 radical (unpaired) electrons. The number of rotatable bonds is 5. The van der Waals surface area contributed by atoms with Gasteiger partial charge in [0.2, 0.25) is 5.91 Å². The van der Waals surface area contributed by atoms with Crippen molar-refractivity contribution in [2.75, 3.05) is 12.4 Å². The molecule has 0 fully saturated rings. The van der Waals surface area contributed by atoms with Gasteiger partial charge in [0.1, 0.15) is 11.6 Å². The third-order valence-corrected chi connectivity index (χ3v) is 2.94. The van der Waals surface area contributed by atoms with Crippen molar-refractivity contribution in [3.63, 3.8) is 0 Å². The molecule has 0 aromatic heterocycles. The van der Waals surface area contributed by atoms with Crippen LogP contribution in [-0.4, -0.2) is 18.0 Å². The van der Waals surface area contributed by atoms with Crippen molar-refractivity contribution in [2.24, 2.45) is 17.6 Å². The molecule has 1 aromatic carbocycles. The number of ether oxygens (including phenoxy) is 1. The summed E-state index contributed by atoms with van der Waals surface area (Å²) in [7, 11) is 1.46. The Balaban J connectivity index is 2.95. The van der Waals surface area contributed by atoms with E-state index in [1.165, 1.54) is 25.3 Å². The minimum Gasteiger partial charge on any atom is -0.497 e. The van der Waals surface area contributed by atoms with Gasteiger partial charge in [-0.1, -0.05) is 26.1 Å².